The molecule has 2 nitrogen and oxygen atoms in total. The Morgan fingerprint density at radius 2 is 1.29 bits per heavy atom. The van der Waals surface area contributed by atoms with E-state index in [9.17, 15) is 0 Å². The molecule has 7 aromatic rings. The summed E-state index contributed by atoms with van der Waals surface area (Å²) in [4.78, 5) is 4.86. The van der Waals surface area contributed by atoms with Gasteiger partial charge in [-0.05, 0) is 62.5 Å². The molecule has 0 saturated carbocycles. The average Bonchev–Trinajstić information content (AvgIpc) is 3.37. The first-order valence-corrected chi connectivity index (χ1v) is 11.8. The van der Waals surface area contributed by atoms with Crippen LogP contribution in [0.2, 0.25) is 0 Å². The van der Waals surface area contributed by atoms with Crippen LogP contribution in [-0.2, 0) is 0 Å². The monoisotopic (exact) mass is 445 g/mol. The number of hydrogen-bond acceptors (Lipinski definition) is 1. The largest absolute Gasteiger partial charge is 0.290 e. The van der Waals surface area contributed by atoms with Gasteiger partial charge in [-0.1, -0.05) is 103 Å². The number of nitrogens with zero attached hydrogens (tertiary/aromatic N) is 2. The molecule has 0 aliphatic heterocycles. The molecule has 0 aliphatic rings. The fourth-order valence-corrected chi connectivity index (χ4v) is 5.12. The second kappa shape index (κ2) is 7.96. The summed E-state index contributed by atoms with van der Waals surface area (Å²) in [6.07, 6.45) is 3.26. The minimum absolute atomic E-state index is 0.953. The lowest BCUT2D eigenvalue weighted by molar-refractivity contribution is 1.08. The topological polar surface area (TPSA) is 17.8 Å². The maximum Gasteiger partial charge on any atom is 0.182 e. The molecule has 6 aromatic carbocycles. The summed E-state index contributed by atoms with van der Waals surface area (Å²) in [5.41, 5.74) is 7.73. The van der Waals surface area contributed by atoms with Crippen LogP contribution in [0, 0.1) is 6.33 Å². The highest BCUT2D eigenvalue weighted by Crippen LogP contribution is 2.41. The summed E-state index contributed by atoms with van der Waals surface area (Å²) < 4.78 is 2.05. The molecule has 0 N–H and O–H groups in total. The molecule has 0 amide bonds. The summed E-state index contributed by atoms with van der Waals surface area (Å²) in [5.74, 6) is 0. The maximum absolute atomic E-state index is 4.86. The van der Waals surface area contributed by atoms with Gasteiger partial charge in [0, 0.05) is 11.3 Å². The summed E-state index contributed by atoms with van der Waals surface area (Å²) in [6.45, 7) is 0. The minimum Gasteiger partial charge on any atom is -0.290 e. The molecule has 0 aliphatic carbocycles. The second-order valence-corrected chi connectivity index (χ2v) is 8.83. The van der Waals surface area contributed by atoms with Gasteiger partial charge in [0.15, 0.2) is 6.33 Å². The Morgan fingerprint density at radius 1 is 0.543 bits per heavy atom. The number of hydrogen-bond donors (Lipinski definition) is 0. The molecule has 35 heavy (non-hydrogen) atoms. The quantitative estimate of drug-likeness (QED) is 0.267. The van der Waals surface area contributed by atoms with Gasteiger partial charge in [-0.3, -0.25) is 4.57 Å². The predicted molar refractivity (Wildman–Crippen MR) is 146 cm³/mol. The van der Waals surface area contributed by atoms with Crippen molar-refractivity contribution in [1.82, 2.24) is 9.55 Å². The van der Waals surface area contributed by atoms with Gasteiger partial charge >= 0.3 is 0 Å². The van der Waals surface area contributed by atoms with Crippen LogP contribution in [0.5, 0.6) is 0 Å². The minimum atomic E-state index is 0.953. The Balaban J connectivity index is 1.57. The van der Waals surface area contributed by atoms with Crippen LogP contribution in [0.1, 0.15) is 0 Å². The highest BCUT2D eigenvalue weighted by molar-refractivity contribution is 6.08. The smallest absolute Gasteiger partial charge is 0.182 e. The molecule has 1 aromatic heterocycles. The normalized spacial score (nSPS) is 11.4. The van der Waals surface area contributed by atoms with Crippen molar-refractivity contribution in [2.75, 3.05) is 0 Å². The van der Waals surface area contributed by atoms with E-state index in [4.69, 9.17) is 4.98 Å². The number of fused-ring (bicyclic) bond motifs is 3. The van der Waals surface area contributed by atoms with Crippen molar-refractivity contribution in [3.05, 3.63) is 134 Å². The van der Waals surface area contributed by atoms with Gasteiger partial charge in [0.1, 0.15) is 0 Å². The molecule has 0 unspecified atom stereocenters. The maximum atomic E-state index is 4.86. The molecule has 1 radical (unpaired) electrons. The van der Waals surface area contributed by atoms with E-state index < -0.39 is 0 Å². The van der Waals surface area contributed by atoms with E-state index in [-0.39, 0.29) is 0 Å². The Kier molecular flexibility index (Phi) is 4.49. The van der Waals surface area contributed by atoms with E-state index >= 15 is 0 Å². The molecule has 2 heteroatoms. The van der Waals surface area contributed by atoms with E-state index in [1.807, 2.05) is 22.8 Å². The zero-order valence-electron chi connectivity index (χ0n) is 19.0. The predicted octanol–water partition coefficient (Wildman–Crippen LogP) is 8.47. The first kappa shape index (κ1) is 19.7. The van der Waals surface area contributed by atoms with Crippen molar-refractivity contribution in [1.29, 1.82) is 0 Å². The van der Waals surface area contributed by atoms with Crippen molar-refractivity contribution < 1.29 is 0 Å². The summed E-state index contributed by atoms with van der Waals surface area (Å²) in [7, 11) is 0. The van der Waals surface area contributed by atoms with Gasteiger partial charge in [0.2, 0.25) is 0 Å². The lowest BCUT2D eigenvalue weighted by Crippen LogP contribution is -1.93. The van der Waals surface area contributed by atoms with Gasteiger partial charge in [0.25, 0.3) is 0 Å². The van der Waals surface area contributed by atoms with Crippen LogP contribution in [0.25, 0.3) is 60.5 Å². The zero-order chi connectivity index (χ0) is 23.2. The molecule has 163 valence electrons. The Morgan fingerprint density at radius 3 is 2.17 bits per heavy atom. The standard InChI is InChI=1S/C33H21N2/c1-2-13-27(14-3-1)35-22-34-33-31(35)20-19-30(29-16-8-12-24-10-6-7-15-28(24)29)32(33)26-18-17-23-9-4-5-11-25(23)21-26/h1-21H. The molecule has 0 fully saturated rings. The fraction of sp³-hybridized carbons (Fsp3) is 0. The molecular weight excluding hydrogens is 424 g/mol. The summed E-state index contributed by atoms with van der Waals surface area (Å²) >= 11 is 0. The molecule has 0 atom stereocenters. The SMILES string of the molecule is [c]1nc2c(-c3ccc4ccccc4c3)c(-c3cccc4ccccc34)ccc2n1-c1ccccc1. The lowest BCUT2D eigenvalue weighted by Gasteiger charge is -2.15. The van der Waals surface area contributed by atoms with Crippen LogP contribution >= 0.6 is 0 Å². The number of benzene rings is 6. The third-order valence-corrected chi connectivity index (χ3v) is 6.79. The van der Waals surface area contributed by atoms with Gasteiger partial charge < -0.3 is 0 Å². The molecule has 0 saturated heterocycles. The van der Waals surface area contributed by atoms with Crippen molar-refractivity contribution in [2.24, 2.45) is 0 Å². The van der Waals surface area contributed by atoms with Crippen LogP contribution in [0.3, 0.4) is 0 Å². The molecule has 0 bridgehead atoms. The van der Waals surface area contributed by atoms with E-state index in [2.05, 4.69) is 116 Å². The van der Waals surface area contributed by atoms with Crippen LogP contribution in [-0.4, -0.2) is 9.55 Å². The number of para-hydroxylation sites is 1. The second-order valence-electron chi connectivity index (χ2n) is 8.83. The Labute approximate surface area is 203 Å². The van der Waals surface area contributed by atoms with Crippen molar-refractivity contribution in [3.8, 4) is 27.9 Å². The van der Waals surface area contributed by atoms with Crippen LogP contribution < -0.4 is 0 Å². The van der Waals surface area contributed by atoms with E-state index in [1.165, 1.54) is 32.7 Å². The van der Waals surface area contributed by atoms with Gasteiger partial charge in [-0.15, -0.1) is 0 Å². The average molecular weight is 446 g/mol. The van der Waals surface area contributed by atoms with Gasteiger partial charge in [-0.25, -0.2) is 4.98 Å². The summed E-state index contributed by atoms with van der Waals surface area (Å²) in [6, 6.07) is 45.0. The first-order chi connectivity index (χ1) is 17.4. The Hall–Kier alpha value is -4.69. The first-order valence-electron chi connectivity index (χ1n) is 11.8. The van der Waals surface area contributed by atoms with Crippen molar-refractivity contribution in [2.45, 2.75) is 0 Å². The van der Waals surface area contributed by atoms with Crippen molar-refractivity contribution >= 4 is 32.6 Å². The van der Waals surface area contributed by atoms with Gasteiger partial charge in [0.05, 0.1) is 11.0 Å². The molecule has 1 heterocycles. The number of aromatic nitrogens is 2. The molecular formula is C33H21N2. The zero-order valence-corrected chi connectivity index (χ0v) is 19.0. The van der Waals surface area contributed by atoms with E-state index in [1.54, 1.807) is 0 Å². The molecule has 0 spiro atoms. The third-order valence-electron chi connectivity index (χ3n) is 6.79. The van der Waals surface area contributed by atoms with Crippen molar-refractivity contribution in [3.63, 3.8) is 0 Å². The van der Waals surface area contributed by atoms with E-state index in [0.29, 0.717) is 0 Å². The van der Waals surface area contributed by atoms with Crippen LogP contribution in [0.4, 0.5) is 0 Å². The highest BCUT2D eigenvalue weighted by atomic mass is 15.0. The highest BCUT2D eigenvalue weighted by Gasteiger charge is 2.18. The third kappa shape index (κ3) is 3.23. The summed E-state index contributed by atoms with van der Waals surface area (Å²) in [5, 5.41) is 4.92. The number of rotatable bonds is 3. The van der Waals surface area contributed by atoms with Crippen LogP contribution in [0.15, 0.2) is 127 Å². The lowest BCUT2D eigenvalue weighted by atomic mass is 9.89. The van der Waals surface area contributed by atoms with Gasteiger partial charge in [-0.2, -0.15) is 0 Å². The van der Waals surface area contributed by atoms with E-state index in [0.717, 1.165) is 27.8 Å². The number of imidazole rings is 1. The molecule has 7 rings (SSSR count). The fourth-order valence-electron chi connectivity index (χ4n) is 5.12. The Bertz CT molecular complexity index is 1840.